The first-order chi connectivity index (χ1) is 8.54. The SMILES string of the molecule is CCC(CC)(OC)C(O)c1cc(F)ccc1OC. The monoisotopic (exact) mass is 256 g/mol. The van der Waals surface area contributed by atoms with Crippen molar-refractivity contribution in [2.45, 2.75) is 38.4 Å². The lowest BCUT2D eigenvalue weighted by molar-refractivity contribution is -0.110. The van der Waals surface area contributed by atoms with Crippen LogP contribution in [0.5, 0.6) is 5.75 Å². The number of ether oxygens (including phenoxy) is 2. The highest BCUT2D eigenvalue weighted by Gasteiger charge is 2.37. The summed E-state index contributed by atoms with van der Waals surface area (Å²) in [6.07, 6.45) is 0.324. The Labute approximate surface area is 108 Å². The van der Waals surface area contributed by atoms with Crippen LogP contribution in [-0.4, -0.2) is 24.9 Å². The molecule has 0 aromatic heterocycles. The zero-order chi connectivity index (χ0) is 13.8. The van der Waals surface area contributed by atoms with Crippen LogP contribution in [-0.2, 0) is 4.74 Å². The predicted octanol–water partition coefficient (Wildman–Crippen LogP) is 3.07. The van der Waals surface area contributed by atoms with E-state index in [1.165, 1.54) is 25.3 Å². The van der Waals surface area contributed by atoms with Gasteiger partial charge in [-0.15, -0.1) is 0 Å². The Morgan fingerprint density at radius 2 is 1.89 bits per heavy atom. The van der Waals surface area contributed by atoms with Crippen molar-refractivity contribution in [3.05, 3.63) is 29.6 Å². The zero-order valence-corrected chi connectivity index (χ0v) is 11.4. The molecule has 102 valence electrons. The minimum atomic E-state index is -0.928. The molecule has 0 aliphatic rings. The van der Waals surface area contributed by atoms with Gasteiger partial charge in [0, 0.05) is 12.7 Å². The maximum atomic E-state index is 13.3. The molecule has 1 aromatic rings. The van der Waals surface area contributed by atoms with E-state index in [2.05, 4.69) is 0 Å². The lowest BCUT2D eigenvalue weighted by Gasteiger charge is -2.35. The first-order valence-electron chi connectivity index (χ1n) is 6.11. The molecule has 0 aliphatic carbocycles. The van der Waals surface area contributed by atoms with Gasteiger partial charge in [0.2, 0.25) is 0 Å². The van der Waals surface area contributed by atoms with E-state index in [9.17, 15) is 9.50 Å². The summed E-state index contributed by atoms with van der Waals surface area (Å²) >= 11 is 0. The first-order valence-corrected chi connectivity index (χ1v) is 6.11. The second-order valence-corrected chi connectivity index (χ2v) is 4.26. The van der Waals surface area contributed by atoms with Crippen LogP contribution in [0.4, 0.5) is 4.39 Å². The number of halogens is 1. The quantitative estimate of drug-likeness (QED) is 0.850. The lowest BCUT2D eigenvalue weighted by Crippen LogP contribution is -2.37. The second kappa shape index (κ2) is 6.16. The molecule has 0 fully saturated rings. The van der Waals surface area contributed by atoms with Gasteiger partial charge in [0.25, 0.3) is 0 Å². The average molecular weight is 256 g/mol. The number of hydrogen-bond acceptors (Lipinski definition) is 3. The van der Waals surface area contributed by atoms with Gasteiger partial charge in [-0.3, -0.25) is 0 Å². The number of aliphatic hydroxyl groups is 1. The normalized spacial score (nSPS) is 13.4. The topological polar surface area (TPSA) is 38.7 Å². The number of methoxy groups -OCH3 is 2. The van der Waals surface area contributed by atoms with E-state index in [0.717, 1.165) is 0 Å². The predicted molar refractivity (Wildman–Crippen MR) is 68.2 cm³/mol. The van der Waals surface area contributed by atoms with Crippen LogP contribution in [0.3, 0.4) is 0 Å². The summed E-state index contributed by atoms with van der Waals surface area (Å²) in [6, 6.07) is 4.11. The Balaban J connectivity index is 3.23. The average Bonchev–Trinajstić information content (AvgIpc) is 2.41. The van der Waals surface area contributed by atoms with Crippen LogP contribution in [0.2, 0.25) is 0 Å². The third-order valence-corrected chi connectivity index (χ3v) is 3.59. The van der Waals surface area contributed by atoms with Crippen LogP contribution >= 0.6 is 0 Å². The van der Waals surface area contributed by atoms with Gasteiger partial charge in [0.1, 0.15) is 17.7 Å². The van der Waals surface area contributed by atoms with Crippen LogP contribution in [0, 0.1) is 5.82 Å². The molecule has 0 heterocycles. The van der Waals surface area contributed by atoms with Crippen LogP contribution in [0.1, 0.15) is 38.4 Å². The summed E-state index contributed by atoms with van der Waals surface area (Å²) in [5, 5.41) is 10.5. The summed E-state index contributed by atoms with van der Waals surface area (Å²) in [6.45, 7) is 3.87. The first kappa shape index (κ1) is 14.9. The van der Waals surface area contributed by atoms with Gasteiger partial charge < -0.3 is 14.6 Å². The van der Waals surface area contributed by atoms with Crippen molar-refractivity contribution < 1.29 is 19.0 Å². The van der Waals surface area contributed by atoms with Crippen molar-refractivity contribution >= 4 is 0 Å². The van der Waals surface area contributed by atoms with Crippen molar-refractivity contribution in [2.75, 3.05) is 14.2 Å². The minimum Gasteiger partial charge on any atom is -0.496 e. The molecule has 0 aliphatic heterocycles. The summed E-state index contributed by atoms with van der Waals surface area (Å²) < 4.78 is 24.0. The summed E-state index contributed by atoms with van der Waals surface area (Å²) in [5.74, 6) is 0.0642. The Morgan fingerprint density at radius 1 is 1.28 bits per heavy atom. The van der Waals surface area contributed by atoms with E-state index in [-0.39, 0.29) is 0 Å². The molecule has 1 aromatic carbocycles. The van der Waals surface area contributed by atoms with Crippen molar-refractivity contribution in [3.8, 4) is 5.75 Å². The van der Waals surface area contributed by atoms with E-state index in [1.807, 2.05) is 13.8 Å². The van der Waals surface area contributed by atoms with Crippen LogP contribution < -0.4 is 4.74 Å². The molecule has 0 saturated heterocycles. The molecular formula is C14H21FO3. The van der Waals surface area contributed by atoms with Crippen molar-refractivity contribution in [2.24, 2.45) is 0 Å². The number of aliphatic hydroxyl groups excluding tert-OH is 1. The summed E-state index contributed by atoms with van der Waals surface area (Å²) in [7, 11) is 3.05. The van der Waals surface area contributed by atoms with E-state index < -0.39 is 17.5 Å². The van der Waals surface area contributed by atoms with Gasteiger partial charge in [-0.1, -0.05) is 13.8 Å². The Morgan fingerprint density at radius 3 is 2.33 bits per heavy atom. The lowest BCUT2D eigenvalue weighted by atomic mass is 9.85. The highest BCUT2D eigenvalue weighted by atomic mass is 19.1. The van der Waals surface area contributed by atoms with E-state index in [4.69, 9.17) is 9.47 Å². The summed E-state index contributed by atoms with van der Waals surface area (Å²) in [4.78, 5) is 0. The molecule has 1 atom stereocenters. The fourth-order valence-corrected chi connectivity index (χ4v) is 2.24. The number of rotatable bonds is 6. The fraction of sp³-hybridized carbons (Fsp3) is 0.571. The molecular weight excluding hydrogens is 235 g/mol. The van der Waals surface area contributed by atoms with Gasteiger partial charge in [-0.05, 0) is 31.0 Å². The smallest absolute Gasteiger partial charge is 0.124 e. The van der Waals surface area contributed by atoms with Gasteiger partial charge in [0.05, 0.1) is 12.7 Å². The molecule has 0 amide bonds. The molecule has 3 nitrogen and oxygen atoms in total. The molecule has 18 heavy (non-hydrogen) atoms. The van der Waals surface area contributed by atoms with Crippen molar-refractivity contribution in [3.63, 3.8) is 0 Å². The second-order valence-electron chi connectivity index (χ2n) is 4.26. The van der Waals surface area contributed by atoms with Gasteiger partial charge in [-0.2, -0.15) is 0 Å². The van der Waals surface area contributed by atoms with Crippen LogP contribution in [0.15, 0.2) is 18.2 Å². The Hall–Kier alpha value is -1.13. The zero-order valence-electron chi connectivity index (χ0n) is 11.4. The molecule has 4 heteroatoms. The molecule has 0 radical (unpaired) electrons. The number of hydrogen-bond donors (Lipinski definition) is 1. The fourth-order valence-electron chi connectivity index (χ4n) is 2.24. The van der Waals surface area contributed by atoms with E-state index in [0.29, 0.717) is 24.2 Å². The van der Waals surface area contributed by atoms with Gasteiger partial charge in [0.15, 0.2) is 0 Å². The van der Waals surface area contributed by atoms with E-state index >= 15 is 0 Å². The maximum Gasteiger partial charge on any atom is 0.124 e. The third-order valence-electron chi connectivity index (χ3n) is 3.59. The minimum absolute atomic E-state index is 0.401. The highest BCUT2D eigenvalue weighted by Crippen LogP contribution is 2.38. The standard InChI is InChI=1S/C14H21FO3/c1-5-14(6-2,18-4)13(16)11-9-10(15)7-8-12(11)17-3/h7-9,13,16H,5-6H2,1-4H3. The largest absolute Gasteiger partial charge is 0.496 e. The molecule has 1 N–H and O–H groups in total. The van der Waals surface area contributed by atoms with Crippen LogP contribution in [0.25, 0.3) is 0 Å². The van der Waals surface area contributed by atoms with Crippen molar-refractivity contribution in [1.82, 2.24) is 0 Å². The highest BCUT2D eigenvalue weighted by molar-refractivity contribution is 5.37. The number of benzene rings is 1. The Bertz CT molecular complexity index is 380. The van der Waals surface area contributed by atoms with Gasteiger partial charge in [-0.25, -0.2) is 4.39 Å². The van der Waals surface area contributed by atoms with Gasteiger partial charge >= 0.3 is 0 Å². The molecule has 0 bridgehead atoms. The van der Waals surface area contributed by atoms with Crippen molar-refractivity contribution in [1.29, 1.82) is 0 Å². The molecule has 1 unspecified atom stereocenters. The third kappa shape index (κ3) is 2.65. The molecule has 1 rings (SSSR count). The summed E-state index contributed by atoms with van der Waals surface area (Å²) in [5.41, 5.74) is -0.302. The Kier molecular flexibility index (Phi) is 5.11. The molecule has 0 saturated carbocycles. The molecule has 0 spiro atoms. The van der Waals surface area contributed by atoms with E-state index in [1.54, 1.807) is 7.11 Å². The maximum absolute atomic E-state index is 13.3.